The molecular weight excluding hydrogens is 388 g/mol. The first-order chi connectivity index (χ1) is 15.0. The Labute approximate surface area is 180 Å². The highest BCUT2D eigenvalue weighted by molar-refractivity contribution is 6.04. The smallest absolute Gasteiger partial charge is 0.280 e. The highest BCUT2D eigenvalue weighted by Gasteiger charge is 2.19. The van der Waals surface area contributed by atoms with Gasteiger partial charge in [0.25, 0.3) is 11.8 Å². The van der Waals surface area contributed by atoms with E-state index in [1.54, 1.807) is 36.5 Å². The fourth-order valence-electron chi connectivity index (χ4n) is 3.63. The van der Waals surface area contributed by atoms with Gasteiger partial charge < -0.3 is 5.32 Å². The zero-order chi connectivity index (χ0) is 22.0. The largest absolute Gasteiger partial charge is 0.345 e. The molecule has 6 heteroatoms. The maximum absolute atomic E-state index is 12.9. The summed E-state index contributed by atoms with van der Waals surface area (Å²) in [5, 5.41) is 8.30. The van der Waals surface area contributed by atoms with Crippen LogP contribution in [0.1, 0.15) is 57.1 Å². The number of carbonyl (C=O) groups excluding carboxylic acids is 2. The second kappa shape index (κ2) is 8.52. The van der Waals surface area contributed by atoms with E-state index >= 15 is 0 Å². The van der Waals surface area contributed by atoms with Gasteiger partial charge in [0, 0.05) is 22.8 Å². The van der Waals surface area contributed by atoms with Gasteiger partial charge in [0.2, 0.25) is 0 Å². The second-order valence-electron chi connectivity index (χ2n) is 7.57. The van der Waals surface area contributed by atoms with E-state index in [0.29, 0.717) is 22.3 Å². The highest BCUT2D eigenvalue weighted by Crippen LogP contribution is 2.22. The van der Waals surface area contributed by atoms with Crippen LogP contribution in [0.3, 0.4) is 0 Å². The molecule has 0 saturated heterocycles. The van der Waals surface area contributed by atoms with E-state index in [-0.39, 0.29) is 17.9 Å². The summed E-state index contributed by atoms with van der Waals surface area (Å²) in [6, 6.07) is 18.7. The molecule has 0 saturated carbocycles. The maximum Gasteiger partial charge on any atom is 0.280 e. The van der Waals surface area contributed by atoms with Crippen molar-refractivity contribution in [1.82, 2.24) is 20.1 Å². The first-order valence-electron chi connectivity index (χ1n) is 10.3. The lowest BCUT2D eigenvalue weighted by Crippen LogP contribution is -2.28. The van der Waals surface area contributed by atoms with E-state index in [1.807, 2.05) is 51.1 Å². The molecule has 1 amide bonds. The van der Waals surface area contributed by atoms with Crippen LogP contribution in [0.2, 0.25) is 0 Å². The molecule has 1 N–H and O–H groups in total. The summed E-state index contributed by atoms with van der Waals surface area (Å²) in [4.78, 5) is 30.0. The van der Waals surface area contributed by atoms with Gasteiger partial charge in [-0.2, -0.15) is 9.78 Å². The molecule has 2 aromatic heterocycles. The summed E-state index contributed by atoms with van der Waals surface area (Å²) in [6.07, 6.45) is 2.34. The van der Waals surface area contributed by atoms with Gasteiger partial charge in [0.15, 0.2) is 0 Å². The molecule has 2 heterocycles. The number of carbonyl (C=O) groups is 2. The quantitative estimate of drug-likeness (QED) is 0.519. The molecule has 4 aromatic rings. The number of nitrogens with one attached hydrogen (secondary N) is 1. The molecule has 0 aliphatic carbocycles. The predicted octanol–water partition coefficient (Wildman–Crippen LogP) is 4.62. The van der Waals surface area contributed by atoms with Crippen LogP contribution in [0.15, 0.2) is 66.9 Å². The van der Waals surface area contributed by atoms with Gasteiger partial charge in [-0.25, -0.2) is 0 Å². The number of amides is 1. The van der Waals surface area contributed by atoms with Crippen LogP contribution in [-0.4, -0.2) is 26.6 Å². The van der Waals surface area contributed by atoms with Crippen molar-refractivity contribution in [2.75, 3.05) is 0 Å². The molecule has 1 unspecified atom stereocenters. The normalized spacial score (nSPS) is 12.0. The Morgan fingerprint density at radius 2 is 1.74 bits per heavy atom. The molecular formula is C25H24N4O2. The number of hydrogen-bond donors (Lipinski definition) is 1. The van der Waals surface area contributed by atoms with Crippen molar-refractivity contribution in [2.45, 2.75) is 33.2 Å². The van der Waals surface area contributed by atoms with Gasteiger partial charge in [0.05, 0.1) is 22.8 Å². The minimum Gasteiger partial charge on any atom is -0.345 e. The summed E-state index contributed by atoms with van der Waals surface area (Å²) in [5.41, 5.74) is 4.26. The Bertz CT molecular complexity index is 1240. The molecule has 1 atom stereocenters. The molecule has 0 fully saturated rings. The fraction of sp³-hybridized carbons (Fsp3) is 0.200. The molecule has 0 spiro atoms. The average molecular weight is 412 g/mol. The minimum atomic E-state index is -0.252. The van der Waals surface area contributed by atoms with E-state index < -0.39 is 0 Å². The number of benzene rings is 2. The molecule has 0 radical (unpaired) electrons. The van der Waals surface area contributed by atoms with Gasteiger partial charge >= 0.3 is 0 Å². The number of hydrogen-bond acceptors (Lipinski definition) is 4. The van der Waals surface area contributed by atoms with Crippen LogP contribution in [0.5, 0.6) is 0 Å². The van der Waals surface area contributed by atoms with Crippen molar-refractivity contribution in [3.8, 4) is 0 Å². The number of aryl methyl sites for hydroxylation is 2. The number of pyridine rings is 1. The van der Waals surface area contributed by atoms with Crippen molar-refractivity contribution < 1.29 is 9.59 Å². The summed E-state index contributed by atoms with van der Waals surface area (Å²) >= 11 is 0. The van der Waals surface area contributed by atoms with Crippen LogP contribution >= 0.6 is 0 Å². The fourth-order valence-corrected chi connectivity index (χ4v) is 3.63. The highest BCUT2D eigenvalue weighted by atomic mass is 16.2. The Morgan fingerprint density at radius 3 is 2.42 bits per heavy atom. The van der Waals surface area contributed by atoms with Crippen molar-refractivity contribution in [1.29, 1.82) is 0 Å². The first kappa shape index (κ1) is 20.5. The van der Waals surface area contributed by atoms with Crippen LogP contribution in [0.25, 0.3) is 10.9 Å². The van der Waals surface area contributed by atoms with E-state index in [0.717, 1.165) is 23.1 Å². The zero-order valence-electron chi connectivity index (χ0n) is 17.8. The molecule has 31 heavy (non-hydrogen) atoms. The van der Waals surface area contributed by atoms with E-state index in [2.05, 4.69) is 15.4 Å². The van der Waals surface area contributed by atoms with Crippen molar-refractivity contribution in [3.63, 3.8) is 0 Å². The average Bonchev–Trinajstić information content (AvgIpc) is 3.13. The van der Waals surface area contributed by atoms with Crippen molar-refractivity contribution in [3.05, 3.63) is 94.9 Å². The number of aromatic nitrogens is 3. The van der Waals surface area contributed by atoms with Crippen LogP contribution in [-0.2, 0) is 0 Å². The lowest BCUT2D eigenvalue weighted by molar-refractivity contribution is 0.0932. The van der Waals surface area contributed by atoms with Gasteiger partial charge in [-0.1, -0.05) is 37.3 Å². The summed E-state index contributed by atoms with van der Waals surface area (Å²) in [7, 11) is 0. The Kier molecular flexibility index (Phi) is 5.62. The number of fused-ring (bicyclic) bond motifs is 1. The number of nitrogens with zero attached hydrogens (tertiary/aromatic N) is 3. The summed E-state index contributed by atoms with van der Waals surface area (Å²) in [6.45, 7) is 5.75. The molecule has 0 aliphatic heterocycles. The van der Waals surface area contributed by atoms with Crippen LogP contribution in [0.4, 0.5) is 0 Å². The minimum absolute atomic E-state index is 0.0659. The van der Waals surface area contributed by atoms with Gasteiger partial charge in [-0.15, -0.1) is 0 Å². The molecule has 156 valence electrons. The van der Waals surface area contributed by atoms with Crippen LogP contribution < -0.4 is 5.32 Å². The van der Waals surface area contributed by atoms with Gasteiger partial charge in [-0.3, -0.25) is 14.6 Å². The summed E-state index contributed by atoms with van der Waals surface area (Å²) < 4.78 is 1.37. The zero-order valence-corrected chi connectivity index (χ0v) is 17.8. The Morgan fingerprint density at radius 1 is 1.00 bits per heavy atom. The van der Waals surface area contributed by atoms with E-state index in [1.165, 1.54) is 4.68 Å². The molecule has 2 aromatic carbocycles. The lowest BCUT2D eigenvalue weighted by atomic mass is 10.0. The Hall–Kier alpha value is -3.80. The second-order valence-corrected chi connectivity index (χ2v) is 7.57. The monoisotopic (exact) mass is 412 g/mol. The van der Waals surface area contributed by atoms with E-state index in [4.69, 9.17) is 0 Å². The standard InChI is InChI=1S/C25H24N4O2/c1-4-22(18-8-6-5-7-9-18)27-24(30)19-12-13-23-21(14-19)17(3)28-29(23)25(31)20-11-10-16(2)26-15-20/h5-15,22H,4H2,1-3H3,(H,27,30). The topological polar surface area (TPSA) is 76.9 Å². The van der Waals surface area contributed by atoms with E-state index in [9.17, 15) is 9.59 Å². The SMILES string of the molecule is CCC(NC(=O)c1ccc2c(c1)c(C)nn2C(=O)c1ccc(C)nc1)c1ccccc1. The predicted molar refractivity (Wildman–Crippen MR) is 120 cm³/mol. The lowest BCUT2D eigenvalue weighted by Gasteiger charge is -2.17. The van der Waals surface area contributed by atoms with Gasteiger partial charge in [0.1, 0.15) is 0 Å². The maximum atomic E-state index is 12.9. The third kappa shape index (κ3) is 4.10. The molecule has 4 rings (SSSR count). The molecule has 6 nitrogen and oxygen atoms in total. The summed E-state index contributed by atoms with van der Waals surface area (Å²) in [5.74, 6) is -0.406. The van der Waals surface area contributed by atoms with Gasteiger partial charge in [-0.05, 0) is 56.2 Å². The first-order valence-corrected chi connectivity index (χ1v) is 10.3. The third-order valence-electron chi connectivity index (χ3n) is 5.39. The molecule has 0 bridgehead atoms. The number of rotatable bonds is 5. The Balaban J connectivity index is 1.63. The third-order valence-corrected chi connectivity index (χ3v) is 5.39. The van der Waals surface area contributed by atoms with Crippen LogP contribution in [0, 0.1) is 13.8 Å². The molecule has 0 aliphatic rings. The van der Waals surface area contributed by atoms with Crippen molar-refractivity contribution in [2.24, 2.45) is 0 Å². The van der Waals surface area contributed by atoms with Crippen molar-refractivity contribution >= 4 is 22.7 Å².